The van der Waals surface area contributed by atoms with E-state index in [0.29, 0.717) is 12.8 Å². The van der Waals surface area contributed by atoms with Gasteiger partial charge in [-0.15, -0.1) is 0 Å². The van der Waals surface area contributed by atoms with Gasteiger partial charge in [-0.1, -0.05) is 153 Å². The van der Waals surface area contributed by atoms with Gasteiger partial charge in [0.1, 0.15) is 36.8 Å². The molecule has 4 N–H and O–H groups in total. The number of allylic oxidation sites excluding steroid dienone is 6. The van der Waals surface area contributed by atoms with E-state index in [2.05, 4.69) is 50.3 Å². The minimum absolute atomic E-state index is 0.158. The van der Waals surface area contributed by atoms with Crippen molar-refractivity contribution < 1.29 is 56.8 Å². The van der Waals surface area contributed by atoms with Crippen LogP contribution in [0.2, 0.25) is 0 Å². The molecule has 0 radical (unpaired) electrons. The number of rotatable bonds is 39. The van der Waals surface area contributed by atoms with Crippen molar-refractivity contribution >= 4 is 22.1 Å². The third-order valence-electron chi connectivity index (χ3n) is 10.7. The van der Waals surface area contributed by atoms with Crippen LogP contribution in [0.1, 0.15) is 194 Å². The Bertz CT molecular complexity index is 1250. The second-order valence-corrected chi connectivity index (χ2v) is 17.9. The van der Waals surface area contributed by atoms with Gasteiger partial charge in [0.15, 0.2) is 12.4 Å². The van der Waals surface area contributed by atoms with Crippen LogP contribution < -0.4 is 0 Å². The summed E-state index contributed by atoms with van der Waals surface area (Å²) in [5.41, 5.74) is 0. The fourth-order valence-corrected chi connectivity index (χ4v) is 7.67. The lowest BCUT2D eigenvalue weighted by atomic mass is 10.00. The molecule has 1 fully saturated rings. The van der Waals surface area contributed by atoms with Crippen molar-refractivity contribution in [3.05, 3.63) is 36.5 Å². The molecule has 12 nitrogen and oxygen atoms in total. The first-order valence-corrected chi connectivity index (χ1v) is 25.2. The molecule has 1 aliphatic rings. The fraction of sp³-hybridized carbons (Fsp3) is 0.830. The van der Waals surface area contributed by atoms with Crippen LogP contribution >= 0.6 is 0 Å². The number of esters is 2. The predicted molar refractivity (Wildman–Crippen MR) is 238 cm³/mol. The highest BCUT2D eigenvalue weighted by Gasteiger charge is 2.46. The Morgan fingerprint density at radius 1 is 0.567 bits per heavy atom. The minimum atomic E-state index is -4.60. The van der Waals surface area contributed by atoms with E-state index < -0.39 is 71.2 Å². The molecule has 1 rings (SSSR count). The van der Waals surface area contributed by atoms with Crippen LogP contribution in [0, 0.1) is 0 Å². The summed E-state index contributed by atoms with van der Waals surface area (Å²) in [6, 6.07) is 0. The van der Waals surface area contributed by atoms with Gasteiger partial charge in [-0.25, -0.2) is 0 Å². The summed E-state index contributed by atoms with van der Waals surface area (Å²) in [5.74, 6) is -2.00. The normalized spacial score (nSPS) is 20.4. The van der Waals surface area contributed by atoms with E-state index in [-0.39, 0.29) is 19.4 Å². The highest BCUT2D eigenvalue weighted by atomic mass is 32.2. The summed E-state index contributed by atoms with van der Waals surface area (Å²) in [6.45, 7) is 3.70. The lowest BCUT2D eigenvalue weighted by Crippen LogP contribution is -2.60. The van der Waals surface area contributed by atoms with Crippen LogP contribution in [-0.4, -0.2) is 96.0 Å². The molecule has 1 heterocycles. The first-order chi connectivity index (χ1) is 29.0. The first kappa shape index (κ1) is 55.9. The monoisotopic (exact) mass is 873 g/mol. The van der Waals surface area contributed by atoms with E-state index in [9.17, 15) is 37.9 Å². The van der Waals surface area contributed by atoms with Crippen LogP contribution in [0.5, 0.6) is 0 Å². The summed E-state index contributed by atoms with van der Waals surface area (Å²) in [7, 11) is -4.60. The number of unbranched alkanes of at least 4 members (excludes halogenated alkanes) is 21. The topological polar surface area (TPSA) is 186 Å². The number of hydrogen-bond acceptors (Lipinski definition) is 11. The van der Waals surface area contributed by atoms with E-state index in [1.54, 1.807) is 0 Å². The summed E-state index contributed by atoms with van der Waals surface area (Å²) < 4.78 is 54.0. The second-order valence-electron chi connectivity index (χ2n) is 16.4. The molecule has 0 bridgehead atoms. The van der Waals surface area contributed by atoms with Crippen molar-refractivity contribution in [2.75, 3.05) is 19.0 Å². The van der Waals surface area contributed by atoms with E-state index >= 15 is 0 Å². The van der Waals surface area contributed by atoms with Crippen molar-refractivity contribution in [2.24, 2.45) is 0 Å². The molecule has 13 heteroatoms. The number of ether oxygens (including phenoxy) is 4. The smallest absolute Gasteiger partial charge is 0.306 e. The van der Waals surface area contributed by atoms with Crippen molar-refractivity contribution in [2.45, 2.75) is 230 Å². The molecule has 6 unspecified atom stereocenters. The molecule has 1 saturated heterocycles. The molecular weight excluding hydrogens is 789 g/mol. The van der Waals surface area contributed by atoms with E-state index in [0.717, 1.165) is 77.0 Å². The Labute approximate surface area is 363 Å². The number of carbonyl (C=O) groups is 2. The van der Waals surface area contributed by atoms with Crippen LogP contribution in [0.4, 0.5) is 0 Å². The zero-order valence-electron chi connectivity index (χ0n) is 37.3. The predicted octanol–water partition coefficient (Wildman–Crippen LogP) is 9.78. The largest absolute Gasteiger partial charge is 0.462 e. The van der Waals surface area contributed by atoms with Crippen LogP contribution in [0.25, 0.3) is 0 Å². The maximum Gasteiger partial charge on any atom is 0.306 e. The first-order valence-electron chi connectivity index (χ1n) is 23.5. The molecule has 0 spiro atoms. The number of aliphatic hydroxyl groups is 3. The zero-order valence-corrected chi connectivity index (χ0v) is 38.1. The lowest BCUT2D eigenvalue weighted by molar-refractivity contribution is -0.297. The van der Waals surface area contributed by atoms with Crippen LogP contribution in [0.15, 0.2) is 36.5 Å². The highest BCUT2D eigenvalue weighted by Crippen LogP contribution is 2.24. The van der Waals surface area contributed by atoms with Gasteiger partial charge < -0.3 is 34.3 Å². The lowest BCUT2D eigenvalue weighted by Gasteiger charge is -2.40. The molecule has 6 atom stereocenters. The van der Waals surface area contributed by atoms with Gasteiger partial charge in [0.2, 0.25) is 0 Å². The van der Waals surface area contributed by atoms with Gasteiger partial charge in [0.05, 0.1) is 6.61 Å². The molecular formula is C47H84O12S. The average molecular weight is 873 g/mol. The van der Waals surface area contributed by atoms with Gasteiger partial charge in [-0.2, -0.15) is 8.42 Å². The Balaban J connectivity index is 2.39. The van der Waals surface area contributed by atoms with Crippen LogP contribution in [-0.2, 0) is 38.7 Å². The average Bonchev–Trinajstić information content (AvgIpc) is 3.21. The maximum absolute atomic E-state index is 12.8. The number of hydrogen-bond donors (Lipinski definition) is 4. The number of aliphatic hydroxyl groups excluding tert-OH is 3. The van der Waals surface area contributed by atoms with Crippen molar-refractivity contribution in [3.63, 3.8) is 0 Å². The fourth-order valence-electron chi connectivity index (χ4n) is 6.98. The molecule has 0 saturated carbocycles. The van der Waals surface area contributed by atoms with Gasteiger partial charge >= 0.3 is 11.9 Å². The highest BCUT2D eigenvalue weighted by molar-refractivity contribution is 7.85. The SMILES string of the molecule is CCCC/C=C\CCCCCCCC(=O)OCC(COC1OC(CS(=O)(=O)O)C(O)C(O)C1O)OC(=O)CCCCCCCCCCC/C=C\C/C=C\CCCCCCC. The van der Waals surface area contributed by atoms with Crippen molar-refractivity contribution in [3.8, 4) is 0 Å². The number of carbonyl (C=O) groups excluding carboxylic acids is 2. The van der Waals surface area contributed by atoms with Crippen LogP contribution in [0.3, 0.4) is 0 Å². The standard InChI is InChI=1S/C47H84O12S/c1-3-5-7-9-11-13-15-16-17-18-19-20-21-22-23-24-26-28-30-32-34-36-43(49)58-40(37-56-42(48)35-33-31-29-27-25-14-12-10-8-6-4-2)38-57-47-46(52)45(51)44(50)41(59-47)39-60(53,54)55/h10,12,15-16,18-19,40-41,44-47,50-52H,3-9,11,13-14,17,20-39H2,1-2H3,(H,53,54,55)/b12-10-,16-15-,19-18-. The summed E-state index contributed by atoms with van der Waals surface area (Å²) >= 11 is 0. The Morgan fingerprint density at radius 3 is 1.53 bits per heavy atom. The quantitative estimate of drug-likeness (QED) is 0.0199. The maximum atomic E-state index is 12.8. The van der Waals surface area contributed by atoms with E-state index in [1.165, 1.54) is 77.0 Å². The summed E-state index contributed by atoms with van der Waals surface area (Å²) in [5, 5.41) is 30.9. The summed E-state index contributed by atoms with van der Waals surface area (Å²) in [6.07, 6.45) is 33.4. The second kappa shape index (κ2) is 37.4. The Morgan fingerprint density at radius 2 is 1.02 bits per heavy atom. The van der Waals surface area contributed by atoms with E-state index in [1.807, 2.05) is 0 Å². The van der Waals surface area contributed by atoms with Crippen molar-refractivity contribution in [1.29, 1.82) is 0 Å². The van der Waals surface area contributed by atoms with Gasteiger partial charge in [-0.05, 0) is 64.2 Å². The van der Waals surface area contributed by atoms with Crippen molar-refractivity contribution in [1.82, 2.24) is 0 Å². The molecule has 0 amide bonds. The molecule has 0 aromatic carbocycles. The van der Waals surface area contributed by atoms with Gasteiger partial charge in [0.25, 0.3) is 10.1 Å². The van der Waals surface area contributed by atoms with E-state index in [4.69, 9.17) is 18.9 Å². The Hall–Kier alpha value is -2.13. The zero-order chi connectivity index (χ0) is 44.1. The molecule has 0 aromatic heterocycles. The van der Waals surface area contributed by atoms with Gasteiger partial charge in [0, 0.05) is 12.8 Å². The summed E-state index contributed by atoms with van der Waals surface area (Å²) in [4.78, 5) is 25.4. The molecule has 0 aromatic rings. The molecule has 0 aliphatic carbocycles. The minimum Gasteiger partial charge on any atom is -0.462 e. The third-order valence-corrected chi connectivity index (χ3v) is 11.4. The van der Waals surface area contributed by atoms with Gasteiger partial charge in [-0.3, -0.25) is 14.1 Å². The molecule has 1 aliphatic heterocycles. The molecule has 350 valence electrons. The Kier molecular flexibility index (Phi) is 34.9. The third kappa shape index (κ3) is 31.7. The molecule has 60 heavy (non-hydrogen) atoms.